The quantitative estimate of drug-likeness (QED) is 0.742. The van der Waals surface area contributed by atoms with Crippen molar-refractivity contribution in [3.63, 3.8) is 0 Å². The van der Waals surface area contributed by atoms with Crippen molar-refractivity contribution in [3.8, 4) is 0 Å². The van der Waals surface area contributed by atoms with Crippen LogP contribution in [0.4, 0.5) is 0 Å². The van der Waals surface area contributed by atoms with Crippen LogP contribution in [0.15, 0.2) is 6.07 Å². The van der Waals surface area contributed by atoms with Gasteiger partial charge in [0, 0.05) is 11.4 Å². The molecule has 2 aromatic rings. The first-order valence-electron chi connectivity index (χ1n) is 5.55. The highest BCUT2D eigenvalue weighted by molar-refractivity contribution is 5.97. The SMILES string of the molecule is CCOC(=O)c1c(C)nn2c(C)cc(C)nc12. The van der Waals surface area contributed by atoms with Crippen LogP contribution in [0.25, 0.3) is 5.65 Å². The van der Waals surface area contributed by atoms with Gasteiger partial charge in [-0.05, 0) is 33.8 Å². The minimum atomic E-state index is -0.363. The van der Waals surface area contributed by atoms with Crippen LogP contribution >= 0.6 is 0 Å². The van der Waals surface area contributed by atoms with Crippen molar-refractivity contribution in [3.05, 3.63) is 28.7 Å². The van der Waals surface area contributed by atoms with Crippen LogP contribution in [0.1, 0.15) is 34.4 Å². The summed E-state index contributed by atoms with van der Waals surface area (Å²) in [6, 6.07) is 1.92. The molecule has 2 rings (SSSR count). The normalized spacial score (nSPS) is 10.8. The number of hydrogen-bond donors (Lipinski definition) is 0. The fourth-order valence-corrected chi connectivity index (χ4v) is 1.87. The van der Waals surface area contributed by atoms with E-state index in [2.05, 4.69) is 10.1 Å². The van der Waals surface area contributed by atoms with E-state index in [1.807, 2.05) is 19.9 Å². The lowest BCUT2D eigenvalue weighted by Crippen LogP contribution is -2.07. The third-order valence-electron chi connectivity index (χ3n) is 2.55. The Labute approximate surface area is 99.4 Å². The van der Waals surface area contributed by atoms with Crippen molar-refractivity contribution in [2.75, 3.05) is 6.61 Å². The number of carbonyl (C=O) groups excluding carboxylic acids is 1. The maximum Gasteiger partial charge on any atom is 0.343 e. The fraction of sp³-hybridized carbons (Fsp3) is 0.417. The molecule has 0 aliphatic carbocycles. The topological polar surface area (TPSA) is 56.5 Å². The van der Waals surface area contributed by atoms with Crippen molar-refractivity contribution in [1.82, 2.24) is 14.6 Å². The zero-order valence-electron chi connectivity index (χ0n) is 10.4. The predicted octanol–water partition coefficient (Wildman–Crippen LogP) is 1.83. The standard InChI is InChI=1S/C12H15N3O2/c1-5-17-12(16)10-9(4)14-15-8(3)6-7(2)13-11(10)15/h6H,5H2,1-4H3. The van der Waals surface area contributed by atoms with E-state index < -0.39 is 0 Å². The van der Waals surface area contributed by atoms with E-state index in [4.69, 9.17) is 4.74 Å². The van der Waals surface area contributed by atoms with Crippen LogP contribution in [-0.2, 0) is 4.74 Å². The Hall–Kier alpha value is -1.91. The Morgan fingerprint density at radius 1 is 1.41 bits per heavy atom. The molecule has 5 heteroatoms. The smallest absolute Gasteiger partial charge is 0.343 e. The van der Waals surface area contributed by atoms with E-state index in [1.165, 1.54) is 0 Å². The highest BCUT2D eigenvalue weighted by atomic mass is 16.5. The van der Waals surface area contributed by atoms with Gasteiger partial charge in [0.05, 0.1) is 12.3 Å². The molecule has 0 fully saturated rings. The van der Waals surface area contributed by atoms with Gasteiger partial charge in [0.2, 0.25) is 0 Å². The van der Waals surface area contributed by atoms with Crippen LogP contribution in [0, 0.1) is 20.8 Å². The van der Waals surface area contributed by atoms with Crippen molar-refractivity contribution in [1.29, 1.82) is 0 Å². The van der Waals surface area contributed by atoms with Crippen molar-refractivity contribution in [2.24, 2.45) is 0 Å². The van der Waals surface area contributed by atoms with Gasteiger partial charge in [-0.25, -0.2) is 14.3 Å². The Balaban J connectivity index is 2.70. The number of aromatic nitrogens is 3. The predicted molar refractivity (Wildman–Crippen MR) is 63.2 cm³/mol. The number of esters is 1. The van der Waals surface area contributed by atoms with Gasteiger partial charge >= 0.3 is 5.97 Å². The van der Waals surface area contributed by atoms with Crippen molar-refractivity contribution in [2.45, 2.75) is 27.7 Å². The van der Waals surface area contributed by atoms with E-state index in [0.717, 1.165) is 11.4 Å². The molecule has 0 N–H and O–H groups in total. The van der Waals surface area contributed by atoms with Gasteiger partial charge in [-0.15, -0.1) is 0 Å². The molecule has 0 amide bonds. The fourth-order valence-electron chi connectivity index (χ4n) is 1.87. The summed E-state index contributed by atoms with van der Waals surface area (Å²) in [6.45, 7) is 7.74. The molecule has 0 saturated carbocycles. The van der Waals surface area contributed by atoms with Gasteiger partial charge in [0.15, 0.2) is 5.65 Å². The third kappa shape index (κ3) is 1.88. The summed E-state index contributed by atoms with van der Waals surface area (Å²) in [5, 5.41) is 4.31. The number of fused-ring (bicyclic) bond motifs is 1. The molecule has 2 heterocycles. The monoisotopic (exact) mass is 233 g/mol. The van der Waals surface area contributed by atoms with Crippen molar-refractivity contribution < 1.29 is 9.53 Å². The summed E-state index contributed by atoms with van der Waals surface area (Å²) >= 11 is 0. The van der Waals surface area contributed by atoms with Crippen LogP contribution in [0.3, 0.4) is 0 Å². The number of nitrogens with zero attached hydrogens (tertiary/aromatic N) is 3. The lowest BCUT2D eigenvalue weighted by molar-refractivity contribution is 0.0527. The van der Waals surface area contributed by atoms with Gasteiger partial charge < -0.3 is 4.74 Å². The molecule has 0 radical (unpaired) electrons. The summed E-state index contributed by atoms with van der Waals surface area (Å²) < 4.78 is 6.70. The third-order valence-corrected chi connectivity index (χ3v) is 2.55. The number of aryl methyl sites for hydroxylation is 3. The Kier molecular flexibility index (Phi) is 2.83. The maximum absolute atomic E-state index is 11.8. The first-order valence-corrected chi connectivity index (χ1v) is 5.55. The first-order chi connectivity index (χ1) is 8.04. The zero-order chi connectivity index (χ0) is 12.6. The first kappa shape index (κ1) is 11.6. The van der Waals surface area contributed by atoms with E-state index in [9.17, 15) is 4.79 Å². The largest absolute Gasteiger partial charge is 0.462 e. The number of rotatable bonds is 2. The van der Waals surface area contributed by atoms with E-state index in [0.29, 0.717) is 23.5 Å². The van der Waals surface area contributed by atoms with Crippen LogP contribution in [0.2, 0.25) is 0 Å². The molecule has 0 bridgehead atoms. The van der Waals surface area contributed by atoms with Crippen LogP contribution < -0.4 is 0 Å². The van der Waals surface area contributed by atoms with E-state index in [1.54, 1.807) is 18.4 Å². The van der Waals surface area contributed by atoms with Gasteiger partial charge in [0.25, 0.3) is 0 Å². The second-order valence-electron chi connectivity index (χ2n) is 3.96. The van der Waals surface area contributed by atoms with Gasteiger partial charge in [-0.1, -0.05) is 0 Å². The second kappa shape index (κ2) is 4.16. The molecule has 2 aromatic heterocycles. The minimum Gasteiger partial charge on any atom is -0.462 e. The molecule has 0 aliphatic rings. The highest BCUT2D eigenvalue weighted by Crippen LogP contribution is 2.17. The van der Waals surface area contributed by atoms with Gasteiger partial charge in [-0.2, -0.15) is 5.10 Å². The molecule has 0 unspecified atom stereocenters. The zero-order valence-corrected chi connectivity index (χ0v) is 10.4. The van der Waals surface area contributed by atoms with Crippen LogP contribution in [0.5, 0.6) is 0 Å². The number of hydrogen-bond acceptors (Lipinski definition) is 4. The summed E-state index contributed by atoms with van der Waals surface area (Å²) in [4.78, 5) is 16.2. The highest BCUT2D eigenvalue weighted by Gasteiger charge is 2.20. The molecule has 17 heavy (non-hydrogen) atoms. The van der Waals surface area contributed by atoms with Gasteiger partial charge in [0.1, 0.15) is 5.56 Å². The molecule has 0 saturated heterocycles. The summed E-state index contributed by atoms with van der Waals surface area (Å²) in [5.41, 5.74) is 3.48. The van der Waals surface area contributed by atoms with Crippen LogP contribution in [-0.4, -0.2) is 27.2 Å². The Morgan fingerprint density at radius 3 is 2.76 bits per heavy atom. The number of ether oxygens (including phenoxy) is 1. The summed E-state index contributed by atoms with van der Waals surface area (Å²) in [5.74, 6) is -0.363. The lowest BCUT2D eigenvalue weighted by atomic mass is 10.2. The average Bonchev–Trinajstić information content (AvgIpc) is 2.55. The van der Waals surface area contributed by atoms with Crippen molar-refractivity contribution >= 4 is 11.6 Å². The van der Waals surface area contributed by atoms with E-state index >= 15 is 0 Å². The molecule has 0 atom stereocenters. The lowest BCUT2D eigenvalue weighted by Gasteiger charge is -2.02. The molecule has 0 aliphatic heterocycles. The molecular formula is C12H15N3O2. The van der Waals surface area contributed by atoms with E-state index in [-0.39, 0.29) is 5.97 Å². The molecular weight excluding hydrogens is 218 g/mol. The second-order valence-corrected chi connectivity index (χ2v) is 3.96. The molecule has 5 nitrogen and oxygen atoms in total. The Bertz CT molecular complexity index is 587. The van der Waals surface area contributed by atoms with Gasteiger partial charge in [-0.3, -0.25) is 0 Å². The molecule has 0 aromatic carbocycles. The minimum absolute atomic E-state index is 0.348. The molecule has 0 spiro atoms. The molecule has 90 valence electrons. The number of carbonyl (C=O) groups is 1. The maximum atomic E-state index is 11.8. The summed E-state index contributed by atoms with van der Waals surface area (Å²) in [6.07, 6.45) is 0. The average molecular weight is 233 g/mol. The summed E-state index contributed by atoms with van der Waals surface area (Å²) in [7, 11) is 0. The Morgan fingerprint density at radius 2 is 2.12 bits per heavy atom.